The van der Waals surface area contributed by atoms with E-state index in [1.165, 1.54) is 12.0 Å². The number of piperidine rings is 1. The van der Waals surface area contributed by atoms with E-state index in [0.29, 0.717) is 5.96 Å². The number of hydrogen-bond donors (Lipinski definition) is 3. The van der Waals surface area contributed by atoms with Crippen LogP contribution in [0.2, 0.25) is 0 Å². The minimum atomic E-state index is -0.0722. The van der Waals surface area contributed by atoms with E-state index in [-0.39, 0.29) is 5.96 Å². The van der Waals surface area contributed by atoms with Gasteiger partial charge in [-0.05, 0) is 43.9 Å². The molecule has 1 heterocycles. The summed E-state index contributed by atoms with van der Waals surface area (Å²) in [5.74, 6) is 0.606. The molecule has 0 amide bonds. The van der Waals surface area contributed by atoms with E-state index in [1.807, 2.05) is 31.2 Å². The van der Waals surface area contributed by atoms with Crippen LogP contribution in [0.25, 0.3) is 0 Å². The van der Waals surface area contributed by atoms with Gasteiger partial charge in [0.15, 0.2) is 5.96 Å². The lowest BCUT2D eigenvalue weighted by Gasteiger charge is -2.29. The summed E-state index contributed by atoms with van der Waals surface area (Å²) in [7, 11) is 0. The summed E-state index contributed by atoms with van der Waals surface area (Å²) < 4.78 is 0. The average molecular weight is 259 g/mol. The van der Waals surface area contributed by atoms with Crippen molar-refractivity contribution in [1.82, 2.24) is 10.2 Å². The molecule has 19 heavy (non-hydrogen) atoms. The van der Waals surface area contributed by atoms with E-state index >= 15 is 0 Å². The van der Waals surface area contributed by atoms with Crippen LogP contribution in [0.1, 0.15) is 24.8 Å². The molecular formula is C14H21N5. The zero-order valence-corrected chi connectivity index (χ0v) is 11.3. The molecule has 0 aliphatic carbocycles. The minimum absolute atomic E-state index is 0.0722. The lowest BCUT2D eigenvalue weighted by molar-refractivity contribution is 0.336. The van der Waals surface area contributed by atoms with Gasteiger partial charge < -0.3 is 10.6 Å². The van der Waals surface area contributed by atoms with Crippen molar-refractivity contribution in [3.8, 4) is 0 Å². The Labute approximate surface area is 114 Å². The maximum atomic E-state index is 7.41. The molecule has 5 nitrogen and oxygen atoms in total. The number of rotatable bonds is 1. The molecule has 0 spiro atoms. The van der Waals surface area contributed by atoms with Gasteiger partial charge in [-0.25, -0.2) is 4.99 Å². The monoisotopic (exact) mass is 259 g/mol. The average Bonchev–Trinajstić information content (AvgIpc) is 2.38. The predicted octanol–water partition coefficient (Wildman–Crippen LogP) is 1.95. The normalized spacial score (nSPS) is 16.3. The molecule has 1 aromatic carbocycles. The summed E-state index contributed by atoms with van der Waals surface area (Å²) in [4.78, 5) is 6.75. The van der Waals surface area contributed by atoms with Crippen LogP contribution in [0.3, 0.4) is 0 Å². The fourth-order valence-corrected chi connectivity index (χ4v) is 2.22. The molecule has 0 atom stereocenters. The molecule has 1 aromatic rings. The molecule has 0 radical (unpaired) electrons. The maximum Gasteiger partial charge on any atom is 0.206 e. The van der Waals surface area contributed by atoms with Crippen molar-refractivity contribution in [1.29, 1.82) is 5.41 Å². The van der Waals surface area contributed by atoms with Gasteiger partial charge in [-0.3, -0.25) is 10.7 Å². The Hall–Kier alpha value is -2.04. The van der Waals surface area contributed by atoms with E-state index in [4.69, 9.17) is 11.1 Å². The summed E-state index contributed by atoms with van der Waals surface area (Å²) in [6, 6.07) is 8.00. The van der Waals surface area contributed by atoms with E-state index in [9.17, 15) is 0 Å². The number of benzene rings is 1. The van der Waals surface area contributed by atoms with Gasteiger partial charge in [0.05, 0.1) is 5.69 Å². The van der Waals surface area contributed by atoms with Gasteiger partial charge in [-0.1, -0.05) is 12.1 Å². The van der Waals surface area contributed by atoms with Gasteiger partial charge in [0.1, 0.15) is 0 Å². The predicted molar refractivity (Wildman–Crippen MR) is 78.7 cm³/mol. The molecule has 2 rings (SSSR count). The van der Waals surface area contributed by atoms with Crippen molar-refractivity contribution in [3.63, 3.8) is 0 Å². The van der Waals surface area contributed by atoms with Crippen molar-refractivity contribution in [2.75, 3.05) is 13.1 Å². The standard InChI is InChI=1S/C14H21N5/c1-11-6-5-7-12(10-11)17-14(18-13(15)16)19-8-3-2-4-9-19/h5-7,10H,2-4,8-9H2,1H3,(H4,15,16,17,18). The van der Waals surface area contributed by atoms with Gasteiger partial charge in [-0.15, -0.1) is 0 Å². The fraction of sp³-hybridized carbons (Fsp3) is 0.429. The molecular weight excluding hydrogens is 238 g/mol. The zero-order chi connectivity index (χ0) is 13.7. The molecule has 0 bridgehead atoms. The van der Waals surface area contributed by atoms with E-state index in [1.54, 1.807) is 0 Å². The molecule has 1 aliphatic heterocycles. The highest BCUT2D eigenvalue weighted by molar-refractivity contribution is 5.97. The molecule has 102 valence electrons. The number of hydrogen-bond acceptors (Lipinski definition) is 2. The number of aliphatic imine (C=N–C) groups is 1. The van der Waals surface area contributed by atoms with Crippen LogP contribution in [0.15, 0.2) is 29.3 Å². The number of aryl methyl sites for hydroxylation is 1. The number of nitrogens with one attached hydrogen (secondary N) is 2. The number of nitrogens with two attached hydrogens (primary N) is 1. The molecule has 1 saturated heterocycles. The SMILES string of the molecule is Cc1cccc(/N=C(/NC(=N)N)N2CCCCC2)c1. The first-order valence-electron chi connectivity index (χ1n) is 6.66. The second-order valence-electron chi connectivity index (χ2n) is 4.86. The fourth-order valence-electron chi connectivity index (χ4n) is 2.22. The Balaban J connectivity index is 2.22. The number of nitrogens with zero attached hydrogens (tertiary/aromatic N) is 2. The number of guanidine groups is 2. The first-order valence-corrected chi connectivity index (χ1v) is 6.66. The van der Waals surface area contributed by atoms with Crippen LogP contribution in [0.4, 0.5) is 5.69 Å². The number of likely N-dealkylation sites (tertiary alicyclic amines) is 1. The summed E-state index contributed by atoms with van der Waals surface area (Å²) in [5, 5.41) is 10.3. The van der Waals surface area contributed by atoms with Crippen molar-refractivity contribution in [2.24, 2.45) is 10.7 Å². The Kier molecular flexibility index (Phi) is 4.39. The van der Waals surface area contributed by atoms with Gasteiger partial charge in [-0.2, -0.15) is 0 Å². The van der Waals surface area contributed by atoms with Crippen LogP contribution in [0, 0.1) is 12.3 Å². The largest absolute Gasteiger partial charge is 0.370 e. The lowest BCUT2D eigenvalue weighted by Crippen LogP contribution is -2.48. The Morgan fingerprint density at radius 1 is 1.32 bits per heavy atom. The van der Waals surface area contributed by atoms with Crippen molar-refractivity contribution in [3.05, 3.63) is 29.8 Å². The summed E-state index contributed by atoms with van der Waals surface area (Å²) in [5.41, 5.74) is 7.50. The summed E-state index contributed by atoms with van der Waals surface area (Å²) >= 11 is 0. The minimum Gasteiger partial charge on any atom is -0.370 e. The molecule has 4 N–H and O–H groups in total. The molecule has 1 fully saturated rings. The van der Waals surface area contributed by atoms with Crippen LogP contribution in [-0.4, -0.2) is 29.9 Å². The third-order valence-corrected chi connectivity index (χ3v) is 3.14. The molecule has 5 heteroatoms. The van der Waals surface area contributed by atoms with Crippen LogP contribution in [0.5, 0.6) is 0 Å². The summed E-state index contributed by atoms with van der Waals surface area (Å²) in [6.45, 7) is 3.97. The van der Waals surface area contributed by atoms with Crippen LogP contribution >= 0.6 is 0 Å². The van der Waals surface area contributed by atoms with E-state index in [0.717, 1.165) is 31.6 Å². The molecule has 0 saturated carbocycles. The molecule has 0 unspecified atom stereocenters. The zero-order valence-electron chi connectivity index (χ0n) is 11.3. The maximum absolute atomic E-state index is 7.41. The van der Waals surface area contributed by atoms with Gasteiger partial charge in [0, 0.05) is 13.1 Å². The highest BCUT2D eigenvalue weighted by Gasteiger charge is 2.15. The van der Waals surface area contributed by atoms with E-state index < -0.39 is 0 Å². The van der Waals surface area contributed by atoms with E-state index in [2.05, 4.69) is 15.2 Å². The highest BCUT2D eigenvalue weighted by atomic mass is 15.3. The van der Waals surface area contributed by atoms with Gasteiger partial charge in [0.2, 0.25) is 5.96 Å². The van der Waals surface area contributed by atoms with Crippen LogP contribution in [-0.2, 0) is 0 Å². The van der Waals surface area contributed by atoms with Crippen molar-refractivity contribution < 1.29 is 0 Å². The Morgan fingerprint density at radius 2 is 2.05 bits per heavy atom. The molecule has 1 aliphatic rings. The lowest BCUT2D eigenvalue weighted by atomic mass is 10.1. The summed E-state index contributed by atoms with van der Waals surface area (Å²) in [6.07, 6.45) is 3.58. The quantitative estimate of drug-likeness (QED) is 0.533. The second-order valence-corrected chi connectivity index (χ2v) is 4.86. The van der Waals surface area contributed by atoms with Gasteiger partial charge in [0.25, 0.3) is 0 Å². The van der Waals surface area contributed by atoms with Crippen molar-refractivity contribution >= 4 is 17.6 Å². The van der Waals surface area contributed by atoms with Gasteiger partial charge >= 0.3 is 0 Å². The Bertz CT molecular complexity index is 474. The van der Waals surface area contributed by atoms with Crippen molar-refractivity contribution in [2.45, 2.75) is 26.2 Å². The highest BCUT2D eigenvalue weighted by Crippen LogP contribution is 2.16. The first kappa shape index (κ1) is 13.4. The molecule has 0 aromatic heterocycles. The van der Waals surface area contributed by atoms with Crippen LogP contribution < -0.4 is 11.1 Å². The smallest absolute Gasteiger partial charge is 0.206 e. The Morgan fingerprint density at radius 3 is 2.68 bits per heavy atom. The third kappa shape index (κ3) is 3.98. The third-order valence-electron chi connectivity index (χ3n) is 3.14. The topological polar surface area (TPSA) is 77.5 Å². The second kappa shape index (κ2) is 6.22. The first-order chi connectivity index (χ1) is 9.15.